The quantitative estimate of drug-likeness (QED) is 0.825. The van der Waals surface area contributed by atoms with Crippen LogP contribution in [0.25, 0.3) is 0 Å². The summed E-state index contributed by atoms with van der Waals surface area (Å²) >= 11 is 0. The van der Waals surface area contributed by atoms with E-state index in [1.807, 2.05) is 6.08 Å². The second-order valence-corrected chi connectivity index (χ2v) is 6.20. The molecule has 0 aliphatic heterocycles. The fraction of sp³-hybridized carbons (Fsp3) is 0.316. The Morgan fingerprint density at radius 2 is 1.79 bits per heavy atom. The molecule has 0 bridgehead atoms. The molecule has 0 radical (unpaired) electrons. The molecule has 0 fully saturated rings. The van der Waals surface area contributed by atoms with Crippen LogP contribution in [0.5, 0.6) is 5.75 Å². The molecule has 2 aliphatic carbocycles. The first kappa shape index (κ1) is 15.7. The molecule has 0 amide bonds. The first-order valence-electron chi connectivity index (χ1n) is 7.81. The van der Waals surface area contributed by atoms with Gasteiger partial charge in [-0.25, -0.2) is 0 Å². The van der Waals surface area contributed by atoms with Gasteiger partial charge in [-0.15, -0.1) is 0 Å². The summed E-state index contributed by atoms with van der Waals surface area (Å²) in [5, 5.41) is 38.8. The van der Waals surface area contributed by atoms with Gasteiger partial charge in [0.15, 0.2) is 5.41 Å². The van der Waals surface area contributed by atoms with Crippen LogP contribution >= 0.6 is 0 Å². The van der Waals surface area contributed by atoms with Crippen LogP contribution in [0, 0.1) is 45.3 Å². The third-order valence-corrected chi connectivity index (χ3v) is 5.05. The van der Waals surface area contributed by atoms with Gasteiger partial charge < -0.3 is 10.8 Å². The molecule has 5 heteroatoms. The lowest BCUT2D eigenvalue weighted by Crippen LogP contribution is -2.42. The molecule has 1 aromatic rings. The van der Waals surface area contributed by atoms with Gasteiger partial charge in [-0.05, 0) is 48.4 Å². The summed E-state index contributed by atoms with van der Waals surface area (Å²) in [6.07, 6.45) is 4.60. The Labute approximate surface area is 140 Å². The second-order valence-electron chi connectivity index (χ2n) is 6.20. The third-order valence-electron chi connectivity index (χ3n) is 5.05. The maximum Gasteiger partial charge on any atom is 0.191 e. The minimum atomic E-state index is -1.58. The number of fused-ring (bicyclic) bond motifs is 1. The zero-order valence-corrected chi connectivity index (χ0v) is 13.0. The Morgan fingerprint density at radius 1 is 1.12 bits per heavy atom. The fourth-order valence-corrected chi connectivity index (χ4v) is 3.93. The Balaban J connectivity index is 2.31. The molecule has 2 unspecified atom stereocenters. The minimum absolute atomic E-state index is 0.0393. The van der Waals surface area contributed by atoms with Crippen LogP contribution in [-0.2, 0) is 0 Å². The lowest BCUT2D eigenvalue weighted by Gasteiger charge is -2.43. The number of hydrogen-bond donors (Lipinski definition) is 2. The molecule has 5 nitrogen and oxygen atoms in total. The van der Waals surface area contributed by atoms with Crippen molar-refractivity contribution in [1.29, 1.82) is 15.8 Å². The van der Waals surface area contributed by atoms with E-state index in [9.17, 15) is 20.9 Å². The van der Waals surface area contributed by atoms with Crippen LogP contribution in [0.1, 0.15) is 30.7 Å². The van der Waals surface area contributed by atoms with Gasteiger partial charge in [0.1, 0.15) is 11.8 Å². The summed E-state index contributed by atoms with van der Waals surface area (Å²) < 4.78 is 0. The third kappa shape index (κ3) is 2.05. The van der Waals surface area contributed by atoms with Crippen LogP contribution < -0.4 is 5.73 Å². The van der Waals surface area contributed by atoms with Gasteiger partial charge in [-0.1, -0.05) is 18.2 Å². The van der Waals surface area contributed by atoms with Crippen molar-refractivity contribution in [2.75, 3.05) is 0 Å². The van der Waals surface area contributed by atoms with Crippen LogP contribution in [0.15, 0.2) is 47.2 Å². The van der Waals surface area contributed by atoms with E-state index in [1.165, 1.54) is 0 Å². The predicted octanol–water partition coefficient (Wildman–Crippen LogP) is 2.99. The summed E-state index contributed by atoms with van der Waals surface area (Å²) in [4.78, 5) is 0. The molecule has 0 spiro atoms. The molecule has 0 saturated heterocycles. The van der Waals surface area contributed by atoms with E-state index in [0.29, 0.717) is 0 Å². The van der Waals surface area contributed by atoms with E-state index < -0.39 is 11.3 Å². The van der Waals surface area contributed by atoms with Crippen molar-refractivity contribution in [3.8, 4) is 24.0 Å². The van der Waals surface area contributed by atoms with Crippen molar-refractivity contribution in [3.63, 3.8) is 0 Å². The molecule has 1 aromatic carbocycles. The number of phenols is 1. The maximum absolute atomic E-state index is 9.84. The largest absolute Gasteiger partial charge is 0.508 e. The zero-order chi connectivity index (χ0) is 17.3. The zero-order valence-electron chi connectivity index (χ0n) is 13.0. The van der Waals surface area contributed by atoms with Crippen LogP contribution in [0.2, 0.25) is 0 Å². The molecular weight excluding hydrogens is 300 g/mol. The average molecular weight is 316 g/mol. The summed E-state index contributed by atoms with van der Waals surface area (Å²) in [7, 11) is 0. The Morgan fingerprint density at radius 3 is 2.38 bits per heavy atom. The molecule has 0 heterocycles. The Bertz CT molecular complexity index is 845. The number of nitrogens with two attached hydrogens (primary N) is 1. The van der Waals surface area contributed by atoms with Crippen molar-refractivity contribution >= 4 is 0 Å². The predicted molar refractivity (Wildman–Crippen MR) is 86.8 cm³/mol. The topological polar surface area (TPSA) is 118 Å². The smallest absolute Gasteiger partial charge is 0.191 e. The number of rotatable bonds is 1. The molecule has 0 aromatic heterocycles. The van der Waals surface area contributed by atoms with Gasteiger partial charge in [0, 0.05) is 5.92 Å². The SMILES string of the molecule is N#CC1=C(N)C(C#N)(C#N)C(c2ccc(O)cc2)C2CCCC=C12. The van der Waals surface area contributed by atoms with Crippen LogP contribution in [0.3, 0.4) is 0 Å². The summed E-state index contributed by atoms with van der Waals surface area (Å²) in [6.45, 7) is 0. The number of nitriles is 3. The summed E-state index contributed by atoms with van der Waals surface area (Å²) in [5.74, 6) is -0.448. The molecule has 2 atom stereocenters. The number of benzene rings is 1. The number of hydrogen-bond acceptors (Lipinski definition) is 5. The lowest BCUT2D eigenvalue weighted by atomic mass is 9.57. The van der Waals surface area contributed by atoms with Crippen molar-refractivity contribution in [1.82, 2.24) is 0 Å². The molecule has 0 saturated carbocycles. The standard InChI is InChI=1S/C19H16N4O/c20-9-16-14-3-1-2-4-15(14)17(12-5-7-13(24)8-6-12)19(10-21,11-22)18(16)23/h3,5-8,15,17,24H,1-2,4,23H2. The highest BCUT2D eigenvalue weighted by atomic mass is 16.3. The van der Waals surface area contributed by atoms with E-state index in [0.717, 1.165) is 30.4 Å². The molecule has 2 aliphatic rings. The van der Waals surface area contributed by atoms with Gasteiger partial charge in [0.25, 0.3) is 0 Å². The average Bonchev–Trinajstić information content (AvgIpc) is 2.62. The maximum atomic E-state index is 9.84. The second kappa shape index (κ2) is 5.76. The van der Waals surface area contributed by atoms with E-state index in [-0.39, 0.29) is 22.9 Å². The number of aromatic hydroxyl groups is 1. The monoisotopic (exact) mass is 316 g/mol. The van der Waals surface area contributed by atoms with E-state index in [2.05, 4.69) is 18.2 Å². The first-order valence-corrected chi connectivity index (χ1v) is 7.81. The van der Waals surface area contributed by atoms with E-state index >= 15 is 0 Å². The first-order chi connectivity index (χ1) is 11.6. The molecular formula is C19H16N4O. The van der Waals surface area contributed by atoms with Gasteiger partial charge >= 0.3 is 0 Å². The molecule has 3 N–H and O–H groups in total. The van der Waals surface area contributed by atoms with Crippen molar-refractivity contribution < 1.29 is 5.11 Å². The van der Waals surface area contributed by atoms with E-state index in [1.54, 1.807) is 24.3 Å². The number of allylic oxidation sites excluding steroid dienone is 4. The minimum Gasteiger partial charge on any atom is -0.508 e. The van der Waals surface area contributed by atoms with Crippen molar-refractivity contribution in [3.05, 3.63) is 52.7 Å². The van der Waals surface area contributed by atoms with Crippen molar-refractivity contribution in [2.24, 2.45) is 17.1 Å². The van der Waals surface area contributed by atoms with Gasteiger partial charge in [-0.3, -0.25) is 0 Å². The van der Waals surface area contributed by atoms with Gasteiger partial charge in [0.2, 0.25) is 0 Å². The Hall–Kier alpha value is -3.23. The Kier molecular flexibility index (Phi) is 3.76. The molecule has 24 heavy (non-hydrogen) atoms. The molecule has 3 rings (SSSR count). The van der Waals surface area contributed by atoms with Crippen LogP contribution in [-0.4, -0.2) is 5.11 Å². The summed E-state index contributed by atoms with van der Waals surface area (Å²) in [6, 6.07) is 12.8. The molecule has 118 valence electrons. The highest BCUT2D eigenvalue weighted by Gasteiger charge is 2.53. The normalized spacial score (nSPS) is 24.8. The number of phenolic OH excluding ortho intramolecular Hbond substituents is 1. The van der Waals surface area contributed by atoms with Gasteiger partial charge in [-0.2, -0.15) is 15.8 Å². The summed E-state index contributed by atoms with van der Waals surface area (Å²) in [5.41, 5.74) is 6.53. The number of nitrogens with zero attached hydrogens (tertiary/aromatic N) is 3. The highest BCUT2D eigenvalue weighted by Crippen LogP contribution is 2.55. The van der Waals surface area contributed by atoms with E-state index in [4.69, 9.17) is 5.73 Å². The highest BCUT2D eigenvalue weighted by molar-refractivity contribution is 5.59. The van der Waals surface area contributed by atoms with Gasteiger partial charge in [0.05, 0.1) is 23.4 Å². The fourth-order valence-electron chi connectivity index (χ4n) is 3.93. The van der Waals surface area contributed by atoms with Crippen LogP contribution in [0.4, 0.5) is 0 Å². The van der Waals surface area contributed by atoms with Crippen molar-refractivity contribution in [2.45, 2.75) is 25.2 Å². The lowest BCUT2D eigenvalue weighted by molar-refractivity contribution is 0.317.